The summed E-state index contributed by atoms with van der Waals surface area (Å²) in [6.45, 7) is 0.542. The summed E-state index contributed by atoms with van der Waals surface area (Å²) in [6, 6.07) is 11.2. The second kappa shape index (κ2) is 11.5. The van der Waals surface area contributed by atoms with Crippen LogP contribution in [-0.2, 0) is 30.3 Å². The summed E-state index contributed by atoms with van der Waals surface area (Å²) in [5, 5.41) is 10.4. The molecular weight excluding hydrogens is 460 g/mol. The molecule has 2 fully saturated rings. The highest BCUT2D eigenvalue weighted by Crippen LogP contribution is 2.33. The molecule has 1 saturated heterocycles. The number of carbonyl (C=O) groups is 4. The van der Waals surface area contributed by atoms with Crippen molar-refractivity contribution in [3.63, 3.8) is 0 Å². The van der Waals surface area contributed by atoms with Crippen molar-refractivity contribution < 1.29 is 23.9 Å². The van der Waals surface area contributed by atoms with Crippen LogP contribution in [0.3, 0.4) is 0 Å². The van der Waals surface area contributed by atoms with E-state index in [0.717, 1.165) is 29.2 Å². The second-order valence-electron chi connectivity index (χ2n) is 9.79. The number of esters is 1. The molecule has 0 radical (unpaired) electrons. The lowest BCUT2D eigenvalue weighted by molar-refractivity contribution is -0.146. The van der Waals surface area contributed by atoms with Gasteiger partial charge in [0.15, 0.2) is 0 Å². The molecule has 36 heavy (non-hydrogen) atoms. The lowest BCUT2D eigenvalue weighted by atomic mass is 9.97. The summed E-state index contributed by atoms with van der Waals surface area (Å²) >= 11 is 0. The van der Waals surface area contributed by atoms with Gasteiger partial charge in [-0.1, -0.05) is 55.3 Å². The molecule has 192 valence electrons. The van der Waals surface area contributed by atoms with Gasteiger partial charge in [0.05, 0.1) is 13.2 Å². The number of methoxy groups -OCH3 is 1. The Morgan fingerprint density at radius 3 is 2.42 bits per heavy atom. The fraction of sp³-hybridized carbons (Fsp3) is 0.481. The van der Waals surface area contributed by atoms with Gasteiger partial charge in [-0.05, 0) is 47.9 Å². The normalized spacial score (nSPS) is 19.7. The van der Waals surface area contributed by atoms with Crippen molar-refractivity contribution >= 4 is 34.5 Å². The number of fused-ring (bicyclic) bond motifs is 1. The quantitative estimate of drug-likeness (QED) is 0.346. The first-order valence-electron chi connectivity index (χ1n) is 12.5. The number of hydrogen-bond acceptors (Lipinski definition) is 6. The highest BCUT2D eigenvalue weighted by Gasteiger charge is 2.36. The minimum absolute atomic E-state index is 0.139. The third-order valence-corrected chi connectivity index (χ3v) is 7.04. The molecule has 4 rings (SSSR count). The van der Waals surface area contributed by atoms with Crippen LogP contribution in [-0.4, -0.2) is 55.5 Å². The van der Waals surface area contributed by atoms with E-state index in [4.69, 9.17) is 10.5 Å². The zero-order valence-corrected chi connectivity index (χ0v) is 20.5. The van der Waals surface area contributed by atoms with Gasteiger partial charge in [-0.25, -0.2) is 4.79 Å². The Bertz CT molecular complexity index is 1130. The van der Waals surface area contributed by atoms with E-state index in [1.807, 2.05) is 42.5 Å². The van der Waals surface area contributed by atoms with Crippen molar-refractivity contribution in [2.75, 3.05) is 13.7 Å². The van der Waals surface area contributed by atoms with Crippen molar-refractivity contribution in [1.82, 2.24) is 16.0 Å². The van der Waals surface area contributed by atoms with Gasteiger partial charge in [0, 0.05) is 12.5 Å². The molecule has 3 amide bonds. The topological polar surface area (TPSA) is 140 Å². The molecule has 1 saturated carbocycles. The van der Waals surface area contributed by atoms with Crippen molar-refractivity contribution in [3.8, 4) is 0 Å². The second-order valence-corrected chi connectivity index (χ2v) is 9.79. The molecule has 1 aliphatic carbocycles. The number of nitrogens with one attached hydrogen (secondary N) is 3. The van der Waals surface area contributed by atoms with E-state index in [1.165, 1.54) is 7.11 Å². The number of hydrogen-bond donors (Lipinski definition) is 4. The molecule has 0 spiro atoms. The van der Waals surface area contributed by atoms with Crippen LogP contribution in [0.4, 0.5) is 0 Å². The molecule has 0 aromatic heterocycles. The van der Waals surface area contributed by atoms with Crippen LogP contribution in [0.5, 0.6) is 0 Å². The molecule has 5 N–H and O–H groups in total. The molecule has 2 aromatic carbocycles. The summed E-state index contributed by atoms with van der Waals surface area (Å²) in [4.78, 5) is 50.6. The smallest absolute Gasteiger partial charge is 0.328 e. The largest absolute Gasteiger partial charge is 0.467 e. The number of benzene rings is 2. The van der Waals surface area contributed by atoms with Crippen molar-refractivity contribution in [1.29, 1.82) is 0 Å². The molecule has 1 heterocycles. The maximum absolute atomic E-state index is 13.2. The van der Waals surface area contributed by atoms with Crippen LogP contribution in [0, 0.1) is 11.8 Å². The maximum atomic E-state index is 13.2. The van der Waals surface area contributed by atoms with Crippen LogP contribution < -0.4 is 21.7 Å². The predicted octanol–water partition coefficient (Wildman–Crippen LogP) is 1.18. The first-order chi connectivity index (χ1) is 17.4. The number of carbonyl (C=O) groups excluding carboxylic acids is 4. The van der Waals surface area contributed by atoms with Crippen LogP contribution in [0.2, 0.25) is 0 Å². The minimum Gasteiger partial charge on any atom is -0.467 e. The Morgan fingerprint density at radius 2 is 1.72 bits per heavy atom. The zero-order valence-electron chi connectivity index (χ0n) is 20.5. The van der Waals surface area contributed by atoms with Crippen molar-refractivity contribution in [2.45, 2.75) is 56.7 Å². The molecular formula is C27H34N4O5. The standard InChI is InChI=1S/C27H34N4O5/c1-36-27(35)23(15-19-11-12-29-24(19)32)31-26(34)22(13-16-9-10-16)30-25(33)21(28)14-18-7-4-6-17-5-2-3-8-20(17)18/h2-8,16,19,21-23H,9-15,28H2,1H3,(H,29,32)(H,30,33)(H,31,34)/t19-,21-,22-,23-/m0/s1. The molecule has 9 nitrogen and oxygen atoms in total. The monoisotopic (exact) mass is 494 g/mol. The molecule has 1 aliphatic heterocycles. The molecule has 4 atom stereocenters. The average molecular weight is 495 g/mol. The Morgan fingerprint density at radius 1 is 1.00 bits per heavy atom. The SMILES string of the molecule is COC(=O)[C@H](C[C@@H]1CCNC1=O)NC(=O)[C@H](CC1CC1)NC(=O)[C@@H](N)Cc1cccc2ccccc12. The van der Waals surface area contributed by atoms with Gasteiger partial charge in [-0.15, -0.1) is 0 Å². The number of nitrogens with two attached hydrogens (primary N) is 1. The van der Waals surface area contributed by atoms with Gasteiger partial charge in [-0.3, -0.25) is 14.4 Å². The fourth-order valence-corrected chi connectivity index (χ4v) is 4.78. The summed E-state index contributed by atoms with van der Waals surface area (Å²) < 4.78 is 4.86. The Hall–Kier alpha value is -3.46. The van der Waals surface area contributed by atoms with E-state index in [9.17, 15) is 19.2 Å². The number of ether oxygens (including phenoxy) is 1. The van der Waals surface area contributed by atoms with E-state index in [1.54, 1.807) is 0 Å². The summed E-state index contributed by atoms with van der Waals surface area (Å²) in [5.74, 6) is -1.69. The fourth-order valence-electron chi connectivity index (χ4n) is 4.78. The van der Waals surface area contributed by atoms with Gasteiger partial charge in [0.2, 0.25) is 17.7 Å². The Labute approximate surface area is 210 Å². The van der Waals surface area contributed by atoms with Gasteiger partial charge in [0.25, 0.3) is 0 Å². The van der Waals surface area contributed by atoms with E-state index < -0.39 is 35.9 Å². The van der Waals surface area contributed by atoms with E-state index in [-0.39, 0.29) is 18.2 Å². The van der Waals surface area contributed by atoms with Crippen LogP contribution in [0.15, 0.2) is 42.5 Å². The lowest BCUT2D eigenvalue weighted by Gasteiger charge is -2.24. The summed E-state index contributed by atoms with van der Waals surface area (Å²) in [6.07, 6.45) is 3.51. The van der Waals surface area contributed by atoms with Crippen molar-refractivity contribution in [2.24, 2.45) is 17.6 Å². The summed E-state index contributed by atoms with van der Waals surface area (Å²) in [5.41, 5.74) is 7.23. The molecule has 9 heteroatoms. The first-order valence-corrected chi connectivity index (χ1v) is 12.5. The van der Waals surface area contributed by atoms with Gasteiger partial charge >= 0.3 is 5.97 Å². The van der Waals surface area contributed by atoms with Crippen LogP contribution >= 0.6 is 0 Å². The average Bonchev–Trinajstić information content (AvgIpc) is 3.61. The Balaban J connectivity index is 1.42. The van der Waals surface area contributed by atoms with E-state index >= 15 is 0 Å². The first kappa shape index (κ1) is 25.6. The number of amides is 3. The van der Waals surface area contributed by atoms with Gasteiger partial charge < -0.3 is 26.4 Å². The third kappa shape index (κ3) is 6.40. The Kier molecular flexibility index (Phi) is 8.20. The van der Waals surface area contributed by atoms with Crippen LogP contribution in [0.1, 0.15) is 37.7 Å². The highest BCUT2D eigenvalue weighted by atomic mass is 16.5. The molecule has 0 unspecified atom stereocenters. The zero-order chi connectivity index (χ0) is 25.7. The lowest BCUT2D eigenvalue weighted by Crippen LogP contribution is -2.55. The minimum atomic E-state index is -0.973. The van der Waals surface area contributed by atoms with Crippen molar-refractivity contribution in [3.05, 3.63) is 48.0 Å². The molecule has 2 aromatic rings. The van der Waals surface area contributed by atoms with E-state index in [2.05, 4.69) is 16.0 Å². The third-order valence-electron chi connectivity index (χ3n) is 7.04. The predicted molar refractivity (Wildman–Crippen MR) is 135 cm³/mol. The maximum Gasteiger partial charge on any atom is 0.328 e. The van der Waals surface area contributed by atoms with Crippen LogP contribution in [0.25, 0.3) is 10.8 Å². The van der Waals surface area contributed by atoms with Gasteiger partial charge in [0.1, 0.15) is 12.1 Å². The molecule has 2 aliphatic rings. The van der Waals surface area contributed by atoms with E-state index in [0.29, 0.717) is 31.7 Å². The summed E-state index contributed by atoms with van der Waals surface area (Å²) in [7, 11) is 1.24. The highest BCUT2D eigenvalue weighted by molar-refractivity contribution is 5.93. The molecule has 0 bridgehead atoms. The van der Waals surface area contributed by atoms with Gasteiger partial charge in [-0.2, -0.15) is 0 Å². The number of rotatable bonds is 11.